The number of anilines is 1. The summed E-state index contributed by atoms with van der Waals surface area (Å²) in [5.74, 6) is 1.25. The Morgan fingerprint density at radius 1 is 1.07 bits per heavy atom. The Labute approximate surface area is 156 Å². The lowest BCUT2D eigenvalue weighted by atomic mass is 9.97. The fourth-order valence-corrected chi connectivity index (χ4v) is 2.70. The van der Waals surface area contributed by atoms with Crippen LogP contribution in [0.5, 0.6) is 11.5 Å². The van der Waals surface area contributed by atoms with Gasteiger partial charge in [-0.15, -0.1) is 0 Å². The van der Waals surface area contributed by atoms with E-state index in [2.05, 4.69) is 15.3 Å². The molecule has 1 heterocycles. The molecule has 0 aliphatic carbocycles. The Kier molecular flexibility index (Phi) is 5.47. The van der Waals surface area contributed by atoms with Crippen LogP contribution in [0, 0.1) is 17.1 Å². The molecule has 7 heteroatoms. The SMILES string of the molecule is COc1cccc(C(Nc2cnc(C#N)cn2)c2cc(F)ccc2OC)c1. The lowest BCUT2D eigenvalue weighted by molar-refractivity contribution is 0.406. The van der Waals surface area contributed by atoms with Crippen LogP contribution in [0.1, 0.15) is 22.9 Å². The smallest absolute Gasteiger partial charge is 0.158 e. The highest BCUT2D eigenvalue weighted by Gasteiger charge is 2.20. The Hall–Kier alpha value is -3.66. The van der Waals surface area contributed by atoms with Crippen molar-refractivity contribution in [1.82, 2.24) is 9.97 Å². The van der Waals surface area contributed by atoms with E-state index in [0.717, 1.165) is 5.56 Å². The van der Waals surface area contributed by atoms with Gasteiger partial charge in [0.05, 0.1) is 32.7 Å². The largest absolute Gasteiger partial charge is 0.497 e. The molecule has 0 aliphatic rings. The molecule has 1 aromatic heterocycles. The van der Waals surface area contributed by atoms with E-state index >= 15 is 0 Å². The molecule has 27 heavy (non-hydrogen) atoms. The van der Waals surface area contributed by atoms with Crippen molar-refractivity contribution < 1.29 is 13.9 Å². The minimum Gasteiger partial charge on any atom is -0.497 e. The minimum atomic E-state index is -0.479. The molecule has 6 nitrogen and oxygen atoms in total. The normalized spacial score (nSPS) is 11.3. The maximum Gasteiger partial charge on any atom is 0.158 e. The second-order valence-electron chi connectivity index (χ2n) is 5.64. The third-order valence-electron chi connectivity index (χ3n) is 3.99. The van der Waals surface area contributed by atoms with E-state index < -0.39 is 6.04 Å². The van der Waals surface area contributed by atoms with E-state index in [1.54, 1.807) is 13.2 Å². The molecule has 3 rings (SSSR count). The van der Waals surface area contributed by atoms with Crippen LogP contribution in [0.3, 0.4) is 0 Å². The van der Waals surface area contributed by atoms with Crippen molar-refractivity contribution in [3.63, 3.8) is 0 Å². The van der Waals surface area contributed by atoms with Crippen molar-refractivity contribution in [2.45, 2.75) is 6.04 Å². The fourth-order valence-electron chi connectivity index (χ4n) is 2.70. The highest BCUT2D eigenvalue weighted by Crippen LogP contribution is 2.34. The number of aromatic nitrogens is 2. The highest BCUT2D eigenvalue weighted by atomic mass is 19.1. The number of hydrogen-bond acceptors (Lipinski definition) is 6. The van der Waals surface area contributed by atoms with Crippen LogP contribution in [0.2, 0.25) is 0 Å². The maximum atomic E-state index is 14.0. The van der Waals surface area contributed by atoms with E-state index in [1.165, 1.54) is 31.6 Å². The average Bonchev–Trinajstić information content (AvgIpc) is 2.72. The number of methoxy groups -OCH3 is 2. The highest BCUT2D eigenvalue weighted by molar-refractivity contribution is 5.50. The van der Waals surface area contributed by atoms with Crippen LogP contribution in [0.4, 0.5) is 10.2 Å². The summed E-state index contributed by atoms with van der Waals surface area (Å²) in [4.78, 5) is 8.21. The summed E-state index contributed by atoms with van der Waals surface area (Å²) in [5, 5.41) is 12.1. The zero-order valence-corrected chi connectivity index (χ0v) is 14.8. The van der Waals surface area contributed by atoms with Crippen LogP contribution < -0.4 is 14.8 Å². The number of halogens is 1. The van der Waals surface area contributed by atoms with Gasteiger partial charge in [-0.1, -0.05) is 12.1 Å². The van der Waals surface area contributed by atoms with Crippen molar-refractivity contribution >= 4 is 5.82 Å². The Morgan fingerprint density at radius 3 is 2.59 bits per heavy atom. The first-order valence-electron chi connectivity index (χ1n) is 8.10. The summed E-state index contributed by atoms with van der Waals surface area (Å²) in [7, 11) is 3.11. The molecular formula is C20H17FN4O2. The van der Waals surface area contributed by atoms with Crippen LogP contribution >= 0.6 is 0 Å². The zero-order chi connectivity index (χ0) is 19.2. The lowest BCUT2D eigenvalue weighted by Crippen LogP contribution is -2.15. The summed E-state index contributed by atoms with van der Waals surface area (Å²) in [5.41, 5.74) is 1.63. The van der Waals surface area contributed by atoms with Gasteiger partial charge < -0.3 is 14.8 Å². The third kappa shape index (κ3) is 4.12. The van der Waals surface area contributed by atoms with Crippen LogP contribution in [-0.4, -0.2) is 24.2 Å². The van der Waals surface area contributed by atoms with Gasteiger partial charge in [0.2, 0.25) is 0 Å². The number of ether oxygens (including phenoxy) is 2. The van der Waals surface area contributed by atoms with Crippen LogP contribution in [0.15, 0.2) is 54.9 Å². The molecule has 1 N–H and O–H groups in total. The van der Waals surface area contributed by atoms with E-state index in [4.69, 9.17) is 14.7 Å². The summed E-state index contributed by atoms with van der Waals surface area (Å²) >= 11 is 0. The molecule has 3 aromatic rings. The lowest BCUT2D eigenvalue weighted by Gasteiger charge is -2.22. The standard InChI is InChI=1S/C20H17FN4O2/c1-26-16-5-3-4-13(8-16)20(17-9-14(21)6-7-18(17)27-2)25-19-12-23-15(10-22)11-24-19/h3-9,11-12,20H,1-2H3,(H,24,25). The third-order valence-corrected chi connectivity index (χ3v) is 3.99. The zero-order valence-electron chi connectivity index (χ0n) is 14.8. The van der Waals surface area contributed by atoms with E-state index in [-0.39, 0.29) is 11.5 Å². The summed E-state index contributed by atoms with van der Waals surface area (Å²) in [6, 6.07) is 13.2. The van der Waals surface area contributed by atoms with Crippen molar-refractivity contribution in [3.8, 4) is 17.6 Å². The van der Waals surface area contributed by atoms with E-state index in [1.807, 2.05) is 30.3 Å². The van der Waals surface area contributed by atoms with Gasteiger partial charge in [0, 0.05) is 5.56 Å². The molecule has 0 bridgehead atoms. The number of rotatable bonds is 6. The first-order valence-corrected chi connectivity index (χ1v) is 8.10. The van der Waals surface area contributed by atoms with Crippen LogP contribution in [0.25, 0.3) is 0 Å². The first kappa shape index (κ1) is 18.1. The maximum absolute atomic E-state index is 14.0. The topological polar surface area (TPSA) is 80.1 Å². The van der Waals surface area contributed by atoms with Gasteiger partial charge in [0.25, 0.3) is 0 Å². The monoisotopic (exact) mass is 364 g/mol. The van der Waals surface area contributed by atoms with Crippen LogP contribution in [-0.2, 0) is 0 Å². The predicted octanol–water partition coefficient (Wildman–Crippen LogP) is 3.71. The number of nitriles is 1. The number of hydrogen-bond donors (Lipinski definition) is 1. The number of benzene rings is 2. The summed E-state index contributed by atoms with van der Waals surface area (Å²) in [6.45, 7) is 0. The van der Waals surface area contributed by atoms with Gasteiger partial charge in [-0.05, 0) is 35.9 Å². The quantitative estimate of drug-likeness (QED) is 0.718. The van der Waals surface area contributed by atoms with Gasteiger partial charge in [-0.25, -0.2) is 14.4 Å². The van der Waals surface area contributed by atoms with Crippen molar-refractivity contribution in [3.05, 3.63) is 77.5 Å². The molecule has 0 spiro atoms. The van der Waals surface area contributed by atoms with Crippen molar-refractivity contribution in [2.75, 3.05) is 19.5 Å². The van der Waals surface area contributed by atoms with Gasteiger partial charge >= 0.3 is 0 Å². The van der Waals surface area contributed by atoms with Gasteiger partial charge in [0.1, 0.15) is 29.2 Å². The van der Waals surface area contributed by atoms with Gasteiger partial charge in [-0.3, -0.25) is 0 Å². The Morgan fingerprint density at radius 2 is 1.93 bits per heavy atom. The Balaban J connectivity index is 2.08. The fraction of sp³-hybridized carbons (Fsp3) is 0.150. The number of nitrogens with one attached hydrogen (secondary N) is 1. The molecule has 0 aliphatic heterocycles. The molecule has 0 amide bonds. The van der Waals surface area contributed by atoms with E-state index in [0.29, 0.717) is 22.9 Å². The number of nitrogens with zero attached hydrogens (tertiary/aromatic N) is 3. The predicted molar refractivity (Wildman–Crippen MR) is 98.2 cm³/mol. The molecule has 0 radical (unpaired) electrons. The molecule has 136 valence electrons. The van der Waals surface area contributed by atoms with Gasteiger partial charge in [0.15, 0.2) is 5.69 Å². The van der Waals surface area contributed by atoms with Crippen molar-refractivity contribution in [2.24, 2.45) is 0 Å². The first-order chi connectivity index (χ1) is 13.1. The molecule has 1 atom stereocenters. The summed E-state index contributed by atoms with van der Waals surface area (Å²) in [6.07, 6.45) is 2.82. The second kappa shape index (κ2) is 8.15. The molecule has 0 saturated carbocycles. The summed E-state index contributed by atoms with van der Waals surface area (Å²) < 4.78 is 24.7. The van der Waals surface area contributed by atoms with Crippen molar-refractivity contribution in [1.29, 1.82) is 5.26 Å². The average molecular weight is 364 g/mol. The molecule has 0 saturated heterocycles. The molecule has 0 fully saturated rings. The van der Waals surface area contributed by atoms with E-state index in [9.17, 15) is 4.39 Å². The minimum absolute atomic E-state index is 0.210. The molecular weight excluding hydrogens is 347 g/mol. The second-order valence-corrected chi connectivity index (χ2v) is 5.64. The molecule has 2 aromatic carbocycles. The van der Waals surface area contributed by atoms with Gasteiger partial charge in [-0.2, -0.15) is 5.26 Å². The Bertz CT molecular complexity index is 970. The molecule has 1 unspecified atom stereocenters.